The van der Waals surface area contributed by atoms with E-state index in [-0.39, 0.29) is 5.91 Å². The number of aromatic amines is 1. The van der Waals surface area contributed by atoms with Gasteiger partial charge in [0, 0.05) is 73.9 Å². The molecule has 11 nitrogen and oxygen atoms in total. The molecule has 0 saturated heterocycles. The van der Waals surface area contributed by atoms with Gasteiger partial charge in [0.2, 0.25) is 0 Å². The molecule has 0 radical (unpaired) electrons. The van der Waals surface area contributed by atoms with Crippen molar-refractivity contribution >= 4 is 120 Å². The number of H-pyrrole nitrogens is 1. The fraction of sp³-hybridized carbons (Fsp3) is 0.0667. The van der Waals surface area contributed by atoms with E-state index in [4.69, 9.17) is 7.88 Å². The maximum absolute atomic E-state index is 14.1. The van der Waals surface area contributed by atoms with Gasteiger partial charge in [-0.05, 0) is 102 Å². The van der Waals surface area contributed by atoms with E-state index in [1.807, 2.05) is 103 Å². The molecule has 9 rings (SSSR count). The first-order valence-electron chi connectivity index (χ1n) is 18.3. The highest BCUT2D eigenvalue weighted by molar-refractivity contribution is 14.2. The summed E-state index contributed by atoms with van der Waals surface area (Å²) < 4.78 is 13.3. The fourth-order valence-corrected chi connectivity index (χ4v) is 10.3. The van der Waals surface area contributed by atoms with E-state index in [0.29, 0.717) is 16.4 Å². The van der Waals surface area contributed by atoms with Crippen LogP contribution in [0, 0.1) is 3.57 Å². The Labute approximate surface area is 347 Å². The van der Waals surface area contributed by atoms with Crippen LogP contribution in [0.4, 0.5) is 39.3 Å². The van der Waals surface area contributed by atoms with Crippen molar-refractivity contribution in [3.63, 3.8) is 0 Å². The summed E-state index contributed by atoms with van der Waals surface area (Å²) in [5.74, 6) is 0.217. The van der Waals surface area contributed by atoms with Crippen molar-refractivity contribution in [2.75, 3.05) is 31.4 Å². The zero-order chi connectivity index (χ0) is 39.6. The number of azo groups is 2. The molecule has 0 bridgehead atoms. The third kappa shape index (κ3) is 7.09. The van der Waals surface area contributed by atoms with Gasteiger partial charge >= 0.3 is 0 Å². The number of anilines is 4. The number of aromatic nitrogens is 2. The number of halogens is 1. The van der Waals surface area contributed by atoms with Crippen molar-refractivity contribution < 1.29 is 9.53 Å². The molecule has 0 atom stereocenters. The largest absolute Gasteiger partial charge is 0.495 e. The summed E-state index contributed by atoms with van der Waals surface area (Å²) >= 11 is 0.337. The van der Waals surface area contributed by atoms with Crippen LogP contribution in [-0.2, 0) is 0 Å². The van der Waals surface area contributed by atoms with Crippen LogP contribution in [0.5, 0.6) is 5.75 Å². The van der Waals surface area contributed by atoms with Crippen molar-refractivity contribution in [1.82, 2.24) is 9.97 Å². The number of ether oxygens (including phenoxy) is 1. The van der Waals surface area contributed by atoms with Crippen molar-refractivity contribution in [3.8, 4) is 5.75 Å². The standard InChI is InChI=1S/C45H34IN9O2S/c1-47-53-29-15-21-32(22-16-29)55(33-23-17-30(18-24-33)54-48-2)31-19-13-28(14-20-31)52-46-41-40-27(12-25-35-34-8-4-5-9-37(34)49-42(35)40)26-36(43(41)57-3)44(56)51-45-50-38-10-6-7-11-39(38)58-45/h4-26,49H,1-3H3,(H,50,51,56). The lowest BCUT2D eigenvalue weighted by Gasteiger charge is -2.25. The number of methoxy groups -OCH3 is 1. The maximum Gasteiger partial charge on any atom is 0.261 e. The molecule has 7 aromatic carbocycles. The van der Waals surface area contributed by atoms with Crippen LogP contribution in [0.2, 0.25) is 0 Å². The van der Waals surface area contributed by atoms with Crippen molar-refractivity contribution in [2.24, 2.45) is 23.6 Å². The number of amides is 1. The first-order valence-corrected chi connectivity index (χ1v) is 21.1. The molecule has 0 aliphatic rings. The number of fused-ring (bicyclic) bond motifs is 6. The van der Waals surface area contributed by atoms with Gasteiger partial charge < -0.3 is 14.6 Å². The van der Waals surface area contributed by atoms with Gasteiger partial charge in [-0.3, -0.25) is 10.1 Å². The zero-order valence-electron chi connectivity index (χ0n) is 31.5. The normalized spacial score (nSPS) is 12.1. The van der Waals surface area contributed by atoms with E-state index in [9.17, 15) is 4.79 Å². The minimum absolute atomic E-state index is 0.291. The monoisotopic (exact) mass is 891 g/mol. The number of thiazole rings is 1. The van der Waals surface area contributed by atoms with Gasteiger partial charge in [0.15, 0.2) is 5.13 Å². The molecule has 2 aromatic heterocycles. The molecule has 0 spiro atoms. The molecule has 2 heterocycles. The smallest absolute Gasteiger partial charge is 0.261 e. The first kappa shape index (κ1) is 36.9. The molecule has 2 N–H and O–H groups in total. The topological polar surface area (TPSA) is 132 Å². The van der Waals surface area contributed by atoms with E-state index in [1.54, 1.807) is 21.2 Å². The van der Waals surface area contributed by atoms with Gasteiger partial charge in [0.25, 0.3) is 5.91 Å². The summed E-state index contributed by atoms with van der Waals surface area (Å²) in [7, 11) is 4.93. The van der Waals surface area contributed by atoms with Crippen LogP contribution < -0.4 is 15.0 Å². The lowest BCUT2D eigenvalue weighted by Crippen LogP contribution is -2.14. The van der Waals surface area contributed by atoms with Gasteiger partial charge in [-0.1, -0.05) is 53.8 Å². The van der Waals surface area contributed by atoms with Crippen molar-refractivity contribution in [2.45, 2.75) is 0 Å². The molecule has 1 amide bonds. The van der Waals surface area contributed by atoms with Gasteiger partial charge in [-0.15, -0.1) is 0 Å². The second-order valence-electron chi connectivity index (χ2n) is 13.1. The number of hydrogen-bond acceptors (Lipinski definition) is 10. The minimum atomic E-state index is -1.10. The summed E-state index contributed by atoms with van der Waals surface area (Å²) in [4.78, 5) is 24.6. The first-order chi connectivity index (χ1) is 28.5. The maximum atomic E-state index is 14.1. The Hall–Kier alpha value is -6.71. The number of rotatable bonds is 10. The van der Waals surface area contributed by atoms with Gasteiger partial charge in [0.1, 0.15) is 5.75 Å². The van der Waals surface area contributed by atoms with Crippen LogP contribution >= 0.6 is 32.4 Å². The van der Waals surface area contributed by atoms with E-state index < -0.39 is 21.0 Å². The molecule has 13 heteroatoms. The molecule has 0 saturated carbocycles. The van der Waals surface area contributed by atoms with Crippen LogP contribution in [0.1, 0.15) is 10.4 Å². The third-order valence-corrected chi connectivity index (χ3v) is 12.9. The lowest BCUT2D eigenvalue weighted by atomic mass is 10.0. The van der Waals surface area contributed by atoms with E-state index in [1.165, 1.54) is 11.3 Å². The highest BCUT2D eigenvalue weighted by Gasteiger charge is 2.23. The van der Waals surface area contributed by atoms with Gasteiger partial charge in [0.05, 0.1) is 49.0 Å². The molecular formula is C45H34IN9O2S. The zero-order valence-corrected chi connectivity index (χ0v) is 34.5. The Morgan fingerprint density at radius 2 is 1.36 bits per heavy atom. The van der Waals surface area contributed by atoms with Crippen LogP contribution in [0.25, 0.3) is 42.8 Å². The van der Waals surface area contributed by atoms with Gasteiger partial charge in [-0.25, -0.2) is 8.13 Å². The molecular weight excluding hydrogens is 858 g/mol. The Balaban J connectivity index is 1.13. The summed E-state index contributed by atoms with van der Waals surface area (Å²) in [6, 6.07) is 46.3. The average Bonchev–Trinajstić information content (AvgIpc) is 3.85. The predicted molar refractivity (Wildman–Crippen MR) is 244 cm³/mol. The Morgan fingerprint density at radius 3 is 2.00 bits per heavy atom. The second-order valence-corrected chi connectivity index (χ2v) is 16.2. The molecule has 0 aliphatic heterocycles. The Bertz CT molecular complexity index is 2980. The average molecular weight is 892 g/mol. The van der Waals surface area contributed by atoms with Crippen LogP contribution in [0.3, 0.4) is 0 Å². The summed E-state index contributed by atoms with van der Waals surface area (Å²) in [6.45, 7) is 0. The van der Waals surface area contributed by atoms with E-state index >= 15 is 0 Å². The molecule has 9 aromatic rings. The SMILES string of the molecule is CN=Nc1ccc(N(c2ccc(N=NC)cc2)c2ccc(N=Ic3c(OC)c(C(=O)Nc4nc5ccccc5s4)cc4ccc5c6ccccc6[nH]c5c34)cc2)cc1. The number of nitrogens with zero attached hydrogens (tertiary/aromatic N) is 7. The number of benzene rings is 7. The van der Waals surface area contributed by atoms with E-state index in [2.05, 4.69) is 77.0 Å². The molecule has 0 unspecified atom stereocenters. The number of carbonyl (C=O) groups is 1. The predicted octanol–water partition coefficient (Wildman–Crippen LogP) is 13.9. The van der Waals surface area contributed by atoms with Gasteiger partial charge in [-0.2, -0.15) is 20.5 Å². The quantitative estimate of drug-likeness (QED) is 0.104. The number of nitrogens with one attached hydrogen (secondary N) is 2. The van der Waals surface area contributed by atoms with E-state index in [0.717, 1.165) is 80.5 Å². The van der Waals surface area contributed by atoms with Crippen molar-refractivity contribution in [3.05, 3.63) is 149 Å². The highest BCUT2D eigenvalue weighted by atomic mass is 127. The summed E-state index contributed by atoms with van der Waals surface area (Å²) in [5.41, 5.74) is 8.51. The van der Waals surface area contributed by atoms with Crippen molar-refractivity contribution in [1.29, 1.82) is 0 Å². The Morgan fingerprint density at radius 1 is 0.741 bits per heavy atom. The van der Waals surface area contributed by atoms with Crippen LogP contribution in [-0.4, -0.2) is 37.1 Å². The highest BCUT2D eigenvalue weighted by Crippen LogP contribution is 2.43. The lowest BCUT2D eigenvalue weighted by molar-refractivity contribution is 0.102. The van der Waals surface area contributed by atoms with Crippen LogP contribution in [0.15, 0.2) is 163 Å². The fourth-order valence-electron chi connectivity index (χ4n) is 7.05. The molecule has 0 aliphatic carbocycles. The number of carbonyl (C=O) groups excluding carboxylic acids is 1. The third-order valence-electron chi connectivity index (χ3n) is 9.62. The second kappa shape index (κ2) is 16.0. The molecule has 58 heavy (non-hydrogen) atoms. The summed E-state index contributed by atoms with van der Waals surface area (Å²) in [5, 5.41) is 23.9. The molecule has 0 fully saturated rings. The summed E-state index contributed by atoms with van der Waals surface area (Å²) in [6.07, 6.45) is 0. The minimum Gasteiger partial charge on any atom is -0.495 e. The molecule has 284 valence electrons. The Kier molecular flexibility index (Phi) is 10.2. The number of hydrogen-bond donors (Lipinski definition) is 2. The number of para-hydroxylation sites is 2.